The maximum absolute atomic E-state index is 13.5. The van der Waals surface area contributed by atoms with E-state index < -0.39 is 17.8 Å². The number of ether oxygens (including phenoxy) is 1. The molecule has 0 spiro atoms. The molecule has 4 rings (SSSR count). The fourth-order valence-electron chi connectivity index (χ4n) is 3.48. The zero-order valence-corrected chi connectivity index (χ0v) is 16.5. The van der Waals surface area contributed by atoms with E-state index in [1.54, 1.807) is 19.1 Å². The molecule has 1 aliphatic heterocycles. The molecule has 3 aromatic rings. The molecule has 9 heteroatoms. The Morgan fingerprint density at radius 1 is 1.21 bits per heavy atom. The van der Waals surface area contributed by atoms with Crippen molar-refractivity contribution < 1.29 is 17.9 Å². The molecule has 1 aliphatic rings. The zero-order chi connectivity index (χ0) is 20.8. The Morgan fingerprint density at radius 2 is 2.00 bits per heavy atom. The van der Waals surface area contributed by atoms with Crippen LogP contribution < -0.4 is 10.1 Å². The summed E-state index contributed by atoms with van der Waals surface area (Å²) in [7, 11) is 0. The number of halogens is 4. The van der Waals surface area contributed by atoms with Gasteiger partial charge in [-0.3, -0.25) is 0 Å². The van der Waals surface area contributed by atoms with E-state index in [2.05, 4.69) is 20.3 Å². The van der Waals surface area contributed by atoms with Gasteiger partial charge >= 0.3 is 6.18 Å². The highest BCUT2D eigenvalue weighted by atomic mass is 35.5. The summed E-state index contributed by atoms with van der Waals surface area (Å²) in [6.07, 6.45) is -3.57. The van der Waals surface area contributed by atoms with Gasteiger partial charge in [0.15, 0.2) is 0 Å². The first-order valence-electron chi connectivity index (χ1n) is 9.17. The Balaban J connectivity index is 1.88. The lowest BCUT2D eigenvalue weighted by molar-refractivity contribution is -0.139. The number of rotatable bonds is 0. The molecule has 0 saturated carbocycles. The standard InChI is InChI=1S/C20H18ClF3N4O/c1-10-12-5-3-6-14(20(22,23)24)18(12)29-8-4-7-16-27-17-11(2)25-15(21)9-13(17)19(26-10)28-16/h3,5-6,9-10H,4,7-8H2,1-2H3,(H,26,27,28)/t10-/m1/s1. The van der Waals surface area contributed by atoms with E-state index >= 15 is 0 Å². The van der Waals surface area contributed by atoms with E-state index in [0.29, 0.717) is 51.8 Å². The van der Waals surface area contributed by atoms with E-state index in [1.807, 2.05) is 6.92 Å². The zero-order valence-electron chi connectivity index (χ0n) is 15.8. The van der Waals surface area contributed by atoms with Gasteiger partial charge in [0.25, 0.3) is 0 Å². The molecule has 2 bridgehead atoms. The number of alkyl halides is 3. The molecule has 1 N–H and O–H groups in total. The van der Waals surface area contributed by atoms with Crippen molar-refractivity contribution in [2.75, 3.05) is 11.9 Å². The van der Waals surface area contributed by atoms with Gasteiger partial charge < -0.3 is 10.1 Å². The lowest BCUT2D eigenvalue weighted by Crippen LogP contribution is -2.15. The van der Waals surface area contributed by atoms with Crippen LogP contribution in [0.25, 0.3) is 10.9 Å². The second-order valence-corrected chi connectivity index (χ2v) is 7.34. The molecular formula is C20H18ClF3N4O. The van der Waals surface area contributed by atoms with Crippen molar-refractivity contribution in [2.24, 2.45) is 0 Å². The molecule has 0 saturated heterocycles. The average Bonchev–Trinajstić information content (AvgIpc) is 2.66. The lowest BCUT2D eigenvalue weighted by atomic mass is 10.0. The van der Waals surface area contributed by atoms with Crippen molar-refractivity contribution in [1.82, 2.24) is 15.0 Å². The van der Waals surface area contributed by atoms with Gasteiger partial charge in [0.1, 0.15) is 22.5 Å². The third kappa shape index (κ3) is 3.81. The van der Waals surface area contributed by atoms with Crippen LogP contribution in [0.3, 0.4) is 0 Å². The molecule has 0 unspecified atom stereocenters. The summed E-state index contributed by atoms with van der Waals surface area (Å²) in [5, 5.41) is 4.20. The molecule has 152 valence electrons. The smallest absolute Gasteiger partial charge is 0.419 e. The van der Waals surface area contributed by atoms with Gasteiger partial charge in [0.05, 0.1) is 29.4 Å². The lowest BCUT2D eigenvalue weighted by Gasteiger charge is -2.22. The van der Waals surface area contributed by atoms with Crippen LogP contribution in [-0.4, -0.2) is 21.6 Å². The molecule has 1 aromatic carbocycles. The molecule has 29 heavy (non-hydrogen) atoms. The number of hydrogen-bond acceptors (Lipinski definition) is 5. The fraction of sp³-hybridized carbons (Fsp3) is 0.350. The Labute approximate surface area is 170 Å². The Hall–Kier alpha value is -2.61. The minimum absolute atomic E-state index is 0.126. The molecule has 0 fully saturated rings. The fourth-order valence-corrected chi connectivity index (χ4v) is 3.72. The third-order valence-corrected chi connectivity index (χ3v) is 5.03. The maximum Gasteiger partial charge on any atom is 0.419 e. The van der Waals surface area contributed by atoms with Crippen LogP contribution in [0.2, 0.25) is 5.15 Å². The molecule has 1 atom stereocenters. The largest absolute Gasteiger partial charge is 0.493 e. The Bertz CT molecular complexity index is 1090. The van der Waals surface area contributed by atoms with Gasteiger partial charge in [-0.25, -0.2) is 15.0 Å². The van der Waals surface area contributed by atoms with Crippen molar-refractivity contribution in [3.05, 3.63) is 52.1 Å². The van der Waals surface area contributed by atoms with Crippen molar-refractivity contribution in [2.45, 2.75) is 38.9 Å². The van der Waals surface area contributed by atoms with Crippen LogP contribution in [-0.2, 0) is 12.6 Å². The van der Waals surface area contributed by atoms with Crippen molar-refractivity contribution in [3.8, 4) is 5.75 Å². The van der Waals surface area contributed by atoms with E-state index in [0.717, 1.165) is 6.07 Å². The maximum atomic E-state index is 13.5. The van der Waals surface area contributed by atoms with Crippen LogP contribution in [0.15, 0.2) is 24.3 Å². The van der Waals surface area contributed by atoms with Crippen LogP contribution in [0.5, 0.6) is 5.75 Å². The van der Waals surface area contributed by atoms with Gasteiger partial charge in [0.2, 0.25) is 0 Å². The minimum atomic E-state index is -4.51. The van der Waals surface area contributed by atoms with E-state index in [1.165, 1.54) is 6.07 Å². The molecule has 0 radical (unpaired) electrons. The number of aromatic nitrogens is 3. The van der Waals surface area contributed by atoms with Gasteiger partial charge in [-0.15, -0.1) is 0 Å². The number of para-hydroxylation sites is 1. The molecule has 5 nitrogen and oxygen atoms in total. The summed E-state index contributed by atoms with van der Waals surface area (Å²) < 4.78 is 46.2. The predicted molar refractivity (Wildman–Crippen MR) is 104 cm³/mol. The number of anilines is 1. The summed E-state index contributed by atoms with van der Waals surface area (Å²) in [5.41, 5.74) is 0.955. The number of nitrogens with zero attached hydrogens (tertiary/aromatic N) is 3. The summed E-state index contributed by atoms with van der Waals surface area (Å²) >= 11 is 6.12. The number of hydrogen-bond donors (Lipinski definition) is 1. The van der Waals surface area contributed by atoms with Gasteiger partial charge in [-0.2, -0.15) is 13.2 Å². The molecule has 2 aromatic heterocycles. The van der Waals surface area contributed by atoms with Crippen LogP contribution in [0, 0.1) is 6.92 Å². The highest BCUT2D eigenvalue weighted by Crippen LogP contribution is 2.41. The average molecular weight is 423 g/mol. The number of benzene rings is 1. The molecular weight excluding hydrogens is 405 g/mol. The van der Waals surface area contributed by atoms with Gasteiger partial charge in [-0.1, -0.05) is 23.7 Å². The van der Waals surface area contributed by atoms with E-state index in [-0.39, 0.29) is 12.4 Å². The molecule has 0 amide bonds. The number of pyridine rings is 1. The SMILES string of the molecule is Cc1nc(Cl)cc2c3nc(nc12)CCCOc1c(cccc1C(F)(F)F)[C@@H](C)N3. The van der Waals surface area contributed by atoms with Crippen molar-refractivity contribution >= 4 is 28.3 Å². The molecule has 3 heterocycles. The first-order chi connectivity index (χ1) is 13.7. The van der Waals surface area contributed by atoms with Crippen LogP contribution >= 0.6 is 11.6 Å². The summed E-state index contributed by atoms with van der Waals surface area (Å²) in [5.74, 6) is 0.934. The summed E-state index contributed by atoms with van der Waals surface area (Å²) in [4.78, 5) is 13.4. The summed E-state index contributed by atoms with van der Waals surface area (Å²) in [6.45, 7) is 3.70. The van der Waals surface area contributed by atoms with Crippen molar-refractivity contribution in [3.63, 3.8) is 0 Å². The predicted octanol–water partition coefficient (Wildman–Crippen LogP) is 5.50. The topological polar surface area (TPSA) is 59.9 Å². The number of aryl methyl sites for hydroxylation is 2. The molecule has 0 aliphatic carbocycles. The normalized spacial score (nSPS) is 17.1. The highest BCUT2D eigenvalue weighted by Gasteiger charge is 2.36. The van der Waals surface area contributed by atoms with Gasteiger partial charge in [0, 0.05) is 17.4 Å². The van der Waals surface area contributed by atoms with Crippen molar-refractivity contribution in [1.29, 1.82) is 0 Å². The van der Waals surface area contributed by atoms with E-state index in [4.69, 9.17) is 16.3 Å². The highest BCUT2D eigenvalue weighted by molar-refractivity contribution is 6.30. The Morgan fingerprint density at radius 3 is 2.76 bits per heavy atom. The quantitative estimate of drug-likeness (QED) is 0.484. The third-order valence-electron chi connectivity index (χ3n) is 4.83. The van der Waals surface area contributed by atoms with E-state index in [9.17, 15) is 13.2 Å². The first kappa shape index (κ1) is 19.7. The number of nitrogens with one attached hydrogen (secondary N) is 1. The Kier molecular flexibility index (Phi) is 4.98. The second kappa shape index (κ2) is 7.33. The first-order valence-corrected chi connectivity index (χ1v) is 9.55. The minimum Gasteiger partial charge on any atom is -0.493 e. The van der Waals surface area contributed by atoms with Crippen LogP contribution in [0.1, 0.15) is 42.0 Å². The summed E-state index contributed by atoms with van der Waals surface area (Å²) in [6, 6.07) is 5.21. The number of fused-ring (bicyclic) bond motifs is 5. The van der Waals surface area contributed by atoms with Gasteiger partial charge in [-0.05, 0) is 32.4 Å². The monoisotopic (exact) mass is 422 g/mol. The van der Waals surface area contributed by atoms with Crippen LogP contribution in [0.4, 0.5) is 19.0 Å². The second-order valence-electron chi connectivity index (χ2n) is 6.95.